The number of carbonyl (C=O) groups is 1. The lowest BCUT2D eigenvalue weighted by Gasteiger charge is -2.37. The number of piperazine rings is 1. The van der Waals surface area contributed by atoms with Crippen molar-refractivity contribution in [3.05, 3.63) is 66.4 Å². The summed E-state index contributed by atoms with van der Waals surface area (Å²) in [5.41, 5.74) is 2.73. The van der Waals surface area contributed by atoms with Gasteiger partial charge in [0.25, 0.3) is 5.91 Å². The fourth-order valence-electron chi connectivity index (χ4n) is 4.81. The zero-order valence-corrected chi connectivity index (χ0v) is 19.9. The minimum Gasteiger partial charge on any atom is -0.496 e. The van der Waals surface area contributed by atoms with Crippen LogP contribution in [-0.2, 0) is 9.84 Å². The summed E-state index contributed by atoms with van der Waals surface area (Å²) in [6.45, 7) is 2.44. The molecule has 8 nitrogen and oxygen atoms in total. The second-order valence-electron chi connectivity index (χ2n) is 8.76. The summed E-state index contributed by atoms with van der Waals surface area (Å²) in [6.07, 6.45) is 2.47. The van der Waals surface area contributed by atoms with Gasteiger partial charge in [0.05, 0.1) is 29.9 Å². The molecule has 1 atom stereocenters. The number of hydrogen-bond acceptors (Lipinski definition) is 6. The second kappa shape index (κ2) is 9.23. The summed E-state index contributed by atoms with van der Waals surface area (Å²) in [6, 6.07) is 17.3. The summed E-state index contributed by atoms with van der Waals surface area (Å²) in [7, 11) is -1.32. The van der Waals surface area contributed by atoms with Crippen LogP contribution in [0.15, 0.2) is 60.8 Å². The van der Waals surface area contributed by atoms with Crippen molar-refractivity contribution in [1.82, 2.24) is 19.6 Å². The molecule has 3 heterocycles. The maximum absolute atomic E-state index is 13.7. The molecule has 1 amide bonds. The fourth-order valence-corrected chi connectivity index (χ4v) is 6.57. The largest absolute Gasteiger partial charge is 0.496 e. The normalized spacial score (nSPS) is 20.4. The number of aromatic nitrogens is 2. The van der Waals surface area contributed by atoms with Crippen LogP contribution < -0.4 is 4.74 Å². The van der Waals surface area contributed by atoms with E-state index in [0.29, 0.717) is 49.6 Å². The Bertz CT molecular complexity index is 1280. The van der Waals surface area contributed by atoms with Crippen LogP contribution in [0.25, 0.3) is 16.9 Å². The Labute approximate surface area is 199 Å². The van der Waals surface area contributed by atoms with Crippen LogP contribution in [0, 0.1) is 0 Å². The summed E-state index contributed by atoms with van der Waals surface area (Å²) in [5.74, 6) is 1.06. The van der Waals surface area contributed by atoms with E-state index in [9.17, 15) is 13.2 Å². The number of sulfone groups is 1. The SMILES string of the molecule is COc1ccccc1-c1nn(-c2ccccc2)cc1C(=O)N1CCN(C2CCS(=O)(=O)C2)CC1. The molecular weight excluding hydrogens is 452 g/mol. The van der Waals surface area contributed by atoms with Gasteiger partial charge >= 0.3 is 0 Å². The van der Waals surface area contributed by atoms with Crippen LogP contribution >= 0.6 is 0 Å². The molecule has 5 rings (SSSR count). The topological polar surface area (TPSA) is 84.7 Å². The molecule has 178 valence electrons. The van der Waals surface area contributed by atoms with E-state index in [4.69, 9.17) is 9.84 Å². The summed E-state index contributed by atoms with van der Waals surface area (Å²) in [4.78, 5) is 17.7. The third-order valence-electron chi connectivity index (χ3n) is 6.65. The molecule has 2 fully saturated rings. The van der Waals surface area contributed by atoms with Crippen molar-refractivity contribution in [2.24, 2.45) is 0 Å². The third kappa shape index (κ3) is 4.45. The zero-order chi connectivity index (χ0) is 23.7. The molecule has 2 aliphatic rings. The predicted molar refractivity (Wildman–Crippen MR) is 130 cm³/mol. The Kier molecular flexibility index (Phi) is 6.14. The highest BCUT2D eigenvalue weighted by molar-refractivity contribution is 7.91. The molecular formula is C25H28N4O4S. The Hall–Kier alpha value is -3.17. The molecule has 2 aromatic carbocycles. The smallest absolute Gasteiger partial charge is 0.257 e. The molecule has 2 saturated heterocycles. The maximum atomic E-state index is 13.7. The van der Waals surface area contributed by atoms with Crippen molar-refractivity contribution in [2.45, 2.75) is 12.5 Å². The summed E-state index contributed by atoms with van der Waals surface area (Å²) >= 11 is 0. The van der Waals surface area contributed by atoms with Gasteiger partial charge in [-0.05, 0) is 30.7 Å². The van der Waals surface area contributed by atoms with Gasteiger partial charge in [0.1, 0.15) is 11.4 Å². The minimum absolute atomic E-state index is 0.0622. The van der Waals surface area contributed by atoms with Crippen LogP contribution in [0.5, 0.6) is 5.75 Å². The van der Waals surface area contributed by atoms with E-state index in [0.717, 1.165) is 11.3 Å². The lowest BCUT2D eigenvalue weighted by atomic mass is 10.1. The van der Waals surface area contributed by atoms with E-state index in [1.165, 1.54) is 0 Å². The van der Waals surface area contributed by atoms with Crippen molar-refractivity contribution in [2.75, 3.05) is 44.8 Å². The molecule has 1 aromatic heterocycles. The lowest BCUT2D eigenvalue weighted by Crippen LogP contribution is -2.52. The first kappa shape index (κ1) is 22.6. The number of methoxy groups -OCH3 is 1. The first-order chi connectivity index (χ1) is 16.4. The quantitative estimate of drug-likeness (QED) is 0.558. The van der Waals surface area contributed by atoms with Crippen LogP contribution in [0.2, 0.25) is 0 Å². The van der Waals surface area contributed by atoms with Gasteiger partial charge in [-0.25, -0.2) is 13.1 Å². The molecule has 0 saturated carbocycles. The minimum atomic E-state index is -2.93. The number of amides is 1. The van der Waals surface area contributed by atoms with E-state index in [1.807, 2.05) is 59.5 Å². The van der Waals surface area contributed by atoms with Gasteiger partial charge in [0, 0.05) is 44.0 Å². The number of benzene rings is 2. The van der Waals surface area contributed by atoms with Crippen molar-refractivity contribution < 1.29 is 17.9 Å². The van der Waals surface area contributed by atoms with E-state index < -0.39 is 9.84 Å². The molecule has 0 N–H and O–H groups in total. The van der Waals surface area contributed by atoms with Gasteiger partial charge in [0.15, 0.2) is 9.84 Å². The van der Waals surface area contributed by atoms with Crippen molar-refractivity contribution in [3.63, 3.8) is 0 Å². The third-order valence-corrected chi connectivity index (χ3v) is 8.40. The van der Waals surface area contributed by atoms with Gasteiger partial charge in [-0.1, -0.05) is 30.3 Å². The highest BCUT2D eigenvalue weighted by atomic mass is 32.2. The molecule has 1 unspecified atom stereocenters. The first-order valence-electron chi connectivity index (χ1n) is 11.5. The van der Waals surface area contributed by atoms with Gasteiger partial charge in [-0.15, -0.1) is 0 Å². The van der Waals surface area contributed by atoms with Gasteiger partial charge in [-0.3, -0.25) is 9.69 Å². The van der Waals surface area contributed by atoms with Crippen LogP contribution in [-0.4, -0.2) is 84.7 Å². The van der Waals surface area contributed by atoms with Crippen LogP contribution in [0.3, 0.4) is 0 Å². The monoisotopic (exact) mass is 480 g/mol. The van der Waals surface area contributed by atoms with E-state index in [1.54, 1.807) is 18.0 Å². The maximum Gasteiger partial charge on any atom is 0.257 e. The number of hydrogen-bond donors (Lipinski definition) is 0. The highest BCUT2D eigenvalue weighted by Gasteiger charge is 2.35. The van der Waals surface area contributed by atoms with Crippen molar-refractivity contribution in [3.8, 4) is 22.7 Å². The van der Waals surface area contributed by atoms with Crippen LogP contribution in [0.4, 0.5) is 0 Å². The Morgan fingerprint density at radius 1 is 1.00 bits per heavy atom. The molecule has 0 aliphatic carbocycles. The fraction of sp³-hybridized carbons (Fsp3) is 0.360. The van der Waals surface area contributed by atoms with Crippen LogP contribution in [0.1, 0.15) is 16.8 Å². The number of nitrogens with zero attached hydrogens (tertiary/aromatic N) is 4. The van der Waals surface area contributed by atoms with E-state index in [2.05, 4.69) is 4.90 Å². The second-order valence-corrected chi connectivity index (χ2v) is 11.0. The standard InChI is InChI=1S/C25H28N4O4S/c1-33-23-10-6-5-9-21(23)24-22(17-29(26-24)19-7-3-2-4-8-19)25(30)28-14-12-27(13-15-28)20-11-16-34(31,32)18-20/h2-10,17,20H,11-16,18H2,1H3. The molecule has 0 spiro atoms. The molecule has 0 radical (unpaired) electrons. The predicted octanol–water partition coefficient (Wildman–Crippen LogP) is 2.49. The molecule has 34 heavy (non-hydrogen) atoms. The molecule has 2 aliphatic heterocycles. The average molecular weight is 481 g/mol. The Morgan fingerprint density at radius 2 is 1.71 bits per heavy atom. The van der Waals surface area contributed by atoms with E-state index >= 15 is 0 Å². The number of para-hydroxylation sites is 2. The van der Waals surface area contributed by atoms with Crippen molar-refractivity contribution >= 4 is 15.7 Å². The molecule has 3 aromatic rings. The zero-order valence-electron chi connectivity index (χ0n) is 19.1. The number of rotatable bonds is 5. The Balaban J connectivity index is 1.42. The number of ether oxygens (including phenoxy) is 1. The van der Waals surface area contributed by atoms with Gasteiger partial charge < -0.3 is 9.64 Å². The van der Waals surface area contributed by atoms with Gasteiger partial charge in [-0.2, -0.15) is 5.10 Å². The first-order valence-corrected chi connectivity index (χ1v) is 13.3. The summed E-state index contributed by atoms with van der Waals surface area (Å²) < 4.78 is 31.0. The molecule has 0 bridgehead atoms. The van der Waals surface area contributed by atoms with Gasteiger partial charge in [0.2, 0.25) is 0 Å². The average Bonchev–Trinajstić information content (AvgIpc) is 3.48. The van der Waals surface area contributed by atoms with Crippen molar-refractivity contribution in [1.29, 1.82) is 0 Å². The Morgan fingerprint density at radius 3 is 2.38 bits per heavy atom. The highest BCUT2D eigenvalue weighted by Crippen LogP contribution is 2.32. The molecule has 9 heteroatoms. The summed E-state index contributed by atoms with van der Waals surface area (Å²) in [5, 5.41) is 4.78. The number of carbonyl (C=O) groups excluding carboxylic acids is 1. The lowest BCUT2D eigenvalue weighted by molar-refractivity contribution is 0.0588. The van der Waals surface area contributed by atoms with E-state index in [-0.39, 0.29) is 23.5 Å².